The number of rotatable bonds is 6. The minimum absolute atomic E-state index is 0. The Labute approximate surface area is 140 Å². The number of amides is 1. The Morgan fingerprint density at radius 2 is 2.13 bits per heavy atom. The van der Waals surface area contributed by atoms with E-state index in [1.807, 2.05) is 19.1 Å². The number of carbonyl (C=O) groups excluding carboxylic acids is 1. The van der Waals surface area contributed by atoms with Crippen molar-refractivity contribution >= 4 is 29.3 Å². The normalized spacial score (nSPS) is 10.2. The van der Waals surface area contributed by atoms with Crippen LogP contribution in [0.1, 0.15) is 17.5 Å². The molecule has 0 aliphatic carbocycles. The summed E-state index contributed by atoms with van der Waals surface area (Å²) in [6.45, 7) is 2.69. The van der Waals surface area contributed by atoms with E-state index in [9.17, 15) is 9.59 Å². The zero-order valence-electron chi connectivity index (χ0n) is 13.2. The predicted molar refractivity (Wildman–Crippen MR) is 91.4 cm³/mol. The van der Waals surface area contributed by atoms with Crippen LogP contribution in [-0.2, 0) is 11.2 Å². The summed E-state index contributed by atoms with van der Waals surface area (Å²) < 4.78 is 10.5. The van der Waals surface area contributed by atoms with Crippen molar-refractivity contribution in [3.8, 4) is 5.75 Å². The van der Waals surface area contributed by atoms with E-state index in [4.69, 9.17) is 14.9 Å². The predicted octanol–water partition coefficient (Wildman–Crippen LogP) is 1.54. The molecule has 3 N–H and O–H groups in total. The molecule has 6 nitrogen and oxygen atoms in total. The second-order valence-electron chi connectivity index (χ2n) is 4.99. The molecule has 23 heavy (non-hydrogen) atoms. The molecule has 0 spiro atoms. The Bertz CT molecular complexity index is 743. The number of carbonyl (C=O) groups is 1. The van der Waals surface area contributed by atoms with Crippen molar-refractivity contribution < 1.29 is 13.9 Å². The fourth-order valence-electron chi connectivity index (χ4n) is 2.33. The largest absolute Gasteiger partial charge is 0.497 e. The number of methoxy groups -OCH3 is 1. The van der Waals surface area contributed by atoms with Crippen LogP contribution in [0.3, 0.4) is 0 Å². The minimum Gasteiger partial charge on any atom is -0.497 e. The summed E-state index contributed by atoms with van der Waals surface area (Å²) in [6, 6.07) is 5.35. The number of nitrogens with two attached hydrogens (primary N) is 1. The van der Waals surface area contributed by atoms with Crippen molar-refractivity contribution in [2.45, 2.75) is 19.8 Å². The van der Waals surface area contributed by atoms with E-state index in [2.05, 4.69) is 5.32 Å². The highest BCUT2D eigenvalue weighted by Gasteiger charge is 2.13. The average molecular weight is 341 g/mol. The molecule has 7 heteroatoms. The number of ether oxygens (including phenoxy) is 1. The van der Waals surface area contributed by atoms with Gasteiger partial charge in [0.2, 0.25) is 5.91 Å². The first kappa shape index (κ1) is 19.0. The monoisotopic (exact) mass is 340 g/mol. The molecule has 1 amide bonds. The van der Waals surface area contributed by atoms with Crippen LogP contribution in [0.2, 0.25) is 0 Å². The summed E-state index contributed by atoms with van der Waals surface area (Å²) in [4.78, 5) is 23.8. The number of hydrogen-bond acceptors (Lipinski definition) is 5. The van der Waals surface area contributed by atoms with Gasteiger partial charge in [-0.1, -0.05) is 0 Å². The molecular weight excluding hydrogens is 320 g/mol. The van der Waals surface area contributed by atoms with Gasteiger partial charge in [0.05, 0.1) is 7.11 Å². The molecular formula is C16H21ClN2O4. The van der Waals surface area contributed by atoms with E-state index in [-0.39, 0.29) is 24.7 Å². The Kier molecular flexibility index (Phi) is 7.06. The van der Waals surface area contributed by atoms with Gasteiger partial charge in [0, 0.05) is 36.5 Å². The van der Waals surface area contributed by atoms with Crippen LogP contribution in [0.4, 0.5) is 0 Å². The van der Waals surface area contributed by atoms with Gasteiger partial charge in [-0.15, -0.1) is 12.4 Å². The van der Waals surface area contributed by atoms with Crippen LogP contribution in [0.15, 0.2) is 27.4 Å². The van der Waals surface area contributed by atoms with Gasteiger partial charge in [-0.05, 0) is 31.0 Å². The number of nitrogens with one attached hydrogen (secondary N) is 1. The molecule has 0 saturated carbocycles. The maximum atomic E-state index is 12.1. The second-order valence-corrected chi connectivity index (χ2v) is 4.99. The van der Waals surface area contributed by atoms with Crippen molar-refractivity contribution in [2.24, 2.45) is 5.73 Å². The van der Waals surface area contributed by atoms with Crippen LogP contribution in [0.25, 0.3) is 11.0 Å². The molecule has 0 bridgehead atoms. The van der Waals surface area contributed by atoms with Gasteiger partial charge in [0.1, 0.15) is 11.3 Å². The van der Waals surface area contributed by atoms with Gasteiger partial charge >= 0.3 is 5.63 Å². The Hall–Kier alpha value is -2.05. The summed E-state index contributed by atoms with van der Waals surface area (Å²) in [6.07, 6.45) is 0.569. The fourth-order valence-corrected chi connectivity index (χ4v) is 2.33. The smallest absolute Gasteiger partial charge is 0.339 e. The molecule has 2 aromatic rings. The molecule has 0 saturated heterocycles. The molecule has 0 unspecified atom stereocenters. The summed E-state index contributed by atoms with van der Waals surface area (Å²) in [5, 5.41) is 3.53. The third kappa shape index (κ3) is 4.46. The van der Waals surface area contributed by atoms with Crippen molar-refractivity contribution in [2.75, 3.05) is 20.2 Å². The van der Waals surface area contributed by atoms with Crippen molar-refractivity contribution in [3.05, 3.63) is 39.7 Å². The van der Waals surface area contributed by atoms with Gasteiger partial charge in [-0.2, -0.15) is 0 Å². The first-order valence-corrected chi connectivity index (χ1v) is 7.14. The van der Waals surface area contributed by atoms with Crippen molar-refractivity contribution in [3.63, 3.8) is 0 Å². The fraction of sp³-hybridized carbons (Fsp3) is 0.375. The van der Waals surface area contributed by atoms with E-state index < -0.39 is 5.63 Å². The highest BCUT2D eigenvalue weighted by Crippen LogP contribution is 2.24. The Morgan fingerprint density at radius 3 is 2.78 bits per heavy atom. The highest BCUT2D eigenvalue weighted by atomic mass is 35.5. The Balaban J connectivity index is 0.00000264. The van der Waals surface area contributed by atoms with E-state index in [1.165, 1.54) is 0 Å². The molecule has 2 rings (SSSR count). The van der Waals surface area contributed by atoms with Gasteiger partial charge in [-0.25, -0.2) is 4.79 Å². The SMILES string of the molecule is COc1ccc2c(C)c(CCC(=O)NCCN)c(=O)oc2c1.Cl. The molecule has 1 heterocycles. The van der Waals surface area contributed by atoms with Crippen molar-refractivity contribution in [1.29, 1.82) is 0 Å². The molecule has 126 valence electrons. The number of aryl methyl sites for hydroxylation is 1. The van der Waals surface area contributed by atoms with Crippen LogP contribution < -0.4 is 21.4 Å². The van der Waals surface area contributed by atoms with Gasteiger partial charge in [-0.3, -0.25) is 4.79 Å². The van der Waals surface area contributed by atoms with Gasteiger partial charge in [0.25, 0.3) is 0 Å². The molecule has 1 aromatic heterocycles. The first-order chi connectivity index (χ1) is 10.6. The van der Waals surface area contributed by atoms with Crippen LogP contribution in [0, 0.1) is 6.92 Å². The maximum Gasteiger partial charge on any atom is 0.339 e. The number of fused-ring (bicyclic) bond motifs is 1. The summed E-state index contributed by atoms with van der Waals surface area (Å²) in [5.74, 6) is 0.503. The number of halogens is 1. The number of benzene rings is 1. The van der Waals surface area contributed by atoms with Gasteiger partial charge in [0.15, 0.2) is 0 Å². The van der Waals surface area contributed by atoms with Crippen LogP contribution >= 0.6 is 12.4 Å². The molecule has 1 aromatic carbocycles. The van der Waals surface area contributed by atoms with E-state index in [0.717, 1.165) is 10.9 Å². The Morgan fingerprint density at radius 1 is 1.39 bits per heavy atom. The average Bonchev–Trinajstić information content (AvgIpc) is 2.52. The summed E-state index contributed by atoms with van der Waals surface area (Å²) >= 11 is 0. The lowest BCUT2D eigenvalue weighted by Crippen LogP contribution is -2.29. The highest BCUT2D eigenvalue weighted by molar-refractivity contribution is 5.85. The molecule has 0 aliphatic heterocycles. The van der Waals surface area contributed by atoms with E-state index in [1.54, 1.807) is 13.2 Å². The lowest BCUT2D eigenvalue weighted by Gasteiger charge is -2.09. The van der Waals surface area contributed by atoms with Gasteiger partial charge < -0.3 is 20.2 Å². The number of hydrogen-bond donors (Lipinski definition) is 2. The van der Waals surface area contributed by atoms with Crippen LogP contribution in [0.5, 0.6) is 5.75 Å². The zero-order chi connectivity index (χ0) is 16.1. The standard InChI is InChI=1S/C16H20N2O4.ClH/c1-10-12-4-3-11(21-2)9-14(12)22-16(20)13(10)5-6-15(19)18-8-7-17;/h3-4,9H,5-8,17H2,1-2H3,(H,18,19);1H. The molecule has 0 aliphatic rings. The molecule has 0 fully saturated rings. The topological polar surface area (TPSA) is 94.6 Å². The van der Waals surface area contributed by atoms with Crippen molar-refractivity contribution in [1.82, 2.24) is 5.32 Å². The third-order valence-corrected chi connectivity index (χ3v) is 3.56. The first-order valence-electron chi connectivity index (χ1n) is 7.14. The summed E-state index contributed by atoms with van der Waals surface area (Å²) in [7, 11) is 1.56. The van der Waals surface area contributed by atoms with Crippen LogP contribution in [-0.4, -0.2) is 26.1 Å². The quantitative estimate of drug-likeness (QED) is 0.778. The molecule has 0 atom stereocenters. The maximum absolute atomic E-state index is 12.1. The zero-order valence-corrected chi connectivity index (χ0v) is 14.0. The van der Waals surface area contributed by atoms with E-state index in [0.29, 0.717) is 36.4 Å². The third-order valence-electron chi connectivity index (χ3n) is 3.56. The van der Waals surface area contributed by atoms with E-state index >= 15 is 0 Å². The summed E-state index contributed by atoms with van der Waals surface area (Å²) in [5.41, 5.74) is 6.76. The lowest BCUT2D eigenvalue weighted by molar-refractivity contribution is -0.121. The minimum atomic E-state index is -0.412. The lowest BCUT2D eigenvalue weighted by atomic mass is 10.0. The second kappa shape index (κ2) is 8.55. The molecule has 0 radical (unpaired) electrons.